The van der Waals surface area contributed by atoms with Gasteiger partial charge in [-0.1, -0.05) is 48.9 Å². The molecule has 20 heavy (non-hydrogen) atoms. The fraction of sp³-hybridized carbons (Fsp3) is 0.294. The van der Waals surface area contributed by atoms with Crippen molar-refractivity contribution >= 4 is 11.6 Å². The number of hydrogen-bond acceptors (Lipinski definition) is 2. The standard InChI is InChI=1S/C17H20ClNO/c1-3-16(19)14-6-4-5-7-17(14)20-11-13-9-8-12(2)10-15(13)18/h4-10,16H,3,11,19H2,1-2H3/t16-/m0/s1. The lowest BCUT2D eigenvalue weighted by molar-refractivity contribution is 0.301. The highest BCUT2D eigenvalue weighted by molar-refractivity contribution is 6.31. The largest absolute Gasteiger partial charge is 0.489 e. The van der Waals surface area contributed by atoms with Crippen molar-refractivity contribution < 1.29 is 4.74 Å². The first kappa shape index (κ1) is 14.9. The number of halogens is 1. The molecule has 0 radical (unpaired) electrons. The first-order valence-corrected chi connectivity index (χ1v) is 7.22. The van der Waals surface area contributed by atoms with Crippen LogP contribution in [0.2, 0.25) is 5.02 Å². The van der Waals surface area contributed by atoms with Crippen LogP contribution < -0.4 is 10.5 Å². The Labute approximate surface area is 125 Å². The second-order valence-electron chi connectivity index (χ2n) is 4.94. The molecule has 0 saturated carbocycles. The van der Waals surface area contributed by atoms with E-state index in [-0.39, 0.29) is 6.04 Å². The van der Waals surface area contributed by atoms with Gasteiger partial charge in [0.25, 0.3) is 0 Å². The third kappa shape index (κ3) is 3.53. The van der Waals surface area contributed by atoms with Crippen LogP contribution >= 0.6 is 11.6 Å². The van der Waals surface area contributed by atoms with Gasteiger partial charge in [-0.05, 0) is 31.0 Å². The normalized spacial score (nSPS) is 12.2. The van der Waals surface area contributed by atoms with E-state index in [9.17, 15) is 0 Å². The molecule has 1 atom stereocenters. The maximum atomic E-state index is 6.22. The van der Waals surface area contributed by atoms with Gasteiger partial charge >= 0.3 is 0 Å². The number of hydrogen-bond donors (Lipinski definition) is 1. The minimum atomic E-state index is -0.000287. The van der Waals surface area contributed by atoms with Crippen molar-refractivity contribution in [2.75, 3.05) is 0 Å². The summed E-state index contributed by atoms with van der Waals surface area (Å²) in [6.07, 6.45) is 0.881. The Bertz CT molecular complexity index is 583. The third-order valence-electron chi connectivity index (χ3n) is 3.35. The van der Waals surface area contributed by atoms with Crippen molar-refractivity contribution in [2.45, 2.75) is 32.9 Å². The maximum Gasteiger partial charge on any atom is 0.124 e. The van der Waals surface area contributed by atoms with Gasteiger partial charge in [0.15, 0.2) is 0 Å². The predicted octanol–water partition coefficient (Wildman–Crippen LogP) is 4.64. The van der Waals surface area contributed by atoms with E-state index in [4.69, 9.17) is 22.1 Å². The van der Waals surface area contributed by atoms with Gasteiger partial charge in [-0.3, -0.25) is 0 Å². The molecule has 0 fully saturated rings. The lowest BCUT2D eigenvalue weighted by Gasteiger charge is -2.16. The Hall–Kier alpha value is -1.51. The molecule has 2 aromatic carbocycles. The van der Waals surface area contributed by atoms with E-state index < -0.39 is 0 Å². The van der Waals surface area contributed by atoms with E-state index in [1.54, 1.807) is 0 Å². The first-order valence-electron chi connectivity index (χ1n) is 6.84. The molecule has 0 aliphatic heterocycles. The van der Waals surface area contributed by atoms with E-state index >= 15 is 0 Å². The molecule has 2 nitrogen and oxygen atoms in total. The van der Waals surface area contributed by atoms with Crippen molar-refractivity contribution in [2.24, 2.45) is 5.73 Å². The monoisotopic (exact) mass is 289 g/mol. The number of rotatable bonds is 5. The Morgan fingerprint density at radius 3 is 2.65 bits per heavy atom. The molecular weight excluding hydrogens is 270 g/mol. The molecule has 2 rings (SSSR count). The summed E-state index contributed by atoms with van der Waals surface area (Å²) in [4.78, 5) is 0. The number of para-hydroxylation sites is 1. The molecule has 0 heterocycles. The van der Waals surface area contributed by atoms with Crippen molar-refractivity contribution in [3.05, 3.63) is 64.2 Å². The molecule has 0 aliphatic rings. The zero-order valence-corrected chi connectivity index (χ0v) is 12.7. The van der Waals surface area contributed by atoms with Gasteiger partial charge in [-0.25, -0.2) is 0 Å². The molecule has 2 N–H and O–H groups in total. The van der Waals surface area contributed by atoms with E-state index in [1.165, 1.54) is 0 Å². The molecule has 0 bridgehead atoms. The number of benzene rings is 2. The summed E-state index contributed by atoms with van der Waals surface area (Å²) in [5.41, 5.74) is 9.28. The number of aryl methyl sites for hydroxylation is 1. The van der Waals surface area contributed by atoms with Gasteiger partial charge in [-0.15, -0.1) is 0 Å². The van der Waals surface area contributed by atoms with E-state index in [1.807, 2.05) is 49.4 Å². The molecule has 0 saturated heterocycles. The van der Waals surface area contributed by atoms with Gasteiger partial charge in [-0.2, -0.15) is 0 Å². The lowest BCUT2D eigenvalue weighted by atomic mass is 10.0. The molecule has 3 heteroatoms. The van der Waals surface area contributed by atoms with E-state index in [0.717, 1.165) is 33.9 Å². The quantitative estimate of drug-likeness (QED) is 0.870. The molecule has 0 amide bonds. The summed E-state index contributed by atoms with van der Waals surface area (Å²) in [6.45, 7) is 4.54. The van der Waals surface area contributed by atoms with Crippen LogP contribution in [0.15, 0.2) is 42.5 Å². The van der Waals surface area contributed by atoms with Crippen LogP contribution in [0.5, 0.6) is 5.75 Å². The highest BCUT2D eigenvalue weighted by atomic mass is 35.5. The summed E-state index contributed by atoms with van der Waals surface area (Å²) >= 11 is 6.22. The van der Waals surface area contributed by atoms with Gasteiger partial charge in [0.2, 0.25) is 0 Å². The van der Waals surface area contributed by atoms with Crippen LogP contribution in [-0.4, -0.2) is 0 Å². The predicted molar refractivity (Wildman–Crippen MR) is 84.2 cm³/mol. The summed E-state index contributed by atoms with van der Waals surface area (Å²) in [5, 5.41) is 0.738. The maximum absolute atomic E-state index is 6.22. The van der Waals surface area contributed by atoms with Crippen LogP contribution in [0.3, 0.4) is 0 Å². The number of ether oxygens (including phenoxy) is 1. The average molecular weight is 290 g/mol. The fourth-order valence-electron chi connectivity index (χ4n) is 2.06. The van der Waals surface area contributed by atoms with Gasteiger partial charge in [0.1, 0.15) is 12.4 Å². The number of nitrogens with two attached hydrogens (primary N) is 1. The summed E-state index contributed by atoms with van der Waals surface area (Å²) in [6, 6.07) is 13.9. The highest BCUT2D eigenvalue weighted by Gasteiger charge is 2.10. The second kappa shape index (κ2) is 6.78. The smallest absolute Gasteiger partial charge is 0.124 e. The molecule has 2 aromatic rings. The zero-order valence-electron chi connectivity index (χ0n) is 11.9. The van der Waals surface area contributed by atoms with Crippen LogP contribution in [0, 0.1) is 6.92 Å². The van der Waals surface area contributed by atoms with Gasteiger partial charge < -0.3 is 10.5 Å². The highest BCUT2D eigenvalue weighted by Crippen LogP contribution is 2.27. The minimum absolute atomic E-state index is 0.000287. The molecule has 0 aliphatic carbocycles. The third-order valence-corrected chi connectivity index (χ3v) is 3.70. The zero-order chi connectivity index (χ0) is 14.5. The summed E-state index contributed by atoms with van der Waals surface area (Å²) in [7, 11) is 0. The van der Waals surface area contributed by atoms with Crippen LogP contribution in [-0.2, 0) is 6.61 Å². The SMILES string of the molecule is CC[C@H](N)c1ccccc1OCc1ccc(C)cc1Cl. The van der Waals surface area contributed by atoms with Crippen molar-refractivity contribution in [1.82, 2.24) is 0 Å². The van der Waals surface area contributed by atoms with Crippen LogP contribution in [0.1, 0.15) is 36.1 Å². The second-order valence-corrected chi connectivity index (χ2v) is 5.34. The molecule has 106 valence electrons. The molecular formula is C17H20ClNO. The minimum Gasteiger partial charge on any atom is -0.489 e. The summed E-state index contributed by atoms with van der Waals surface area (Å²) < 4.78 is 5.90. The van der Waals surface area contributed by atoms with Crippen molar-refractivity contribution in [3.63, 3.8) is 0 Å². The molecule has 0 spiro atoms. The Kier molecular flexibility index (Phi) is 5.05. The van der Waals surface area contributed by atoms with E-state index in [2.05, 4.69) is 6.92 Å². The van der Waals surface area contributed by atoms with Crippen molar-refractivity contribution in [1.29, 1.82) is 0 Å². The van der Waals surface area contributed by atoms with Gasteiger partial charge in [0, 0.05) is 22.2 Å². The van der Waals surface area contributed by atoms with Crippen molar-refractivity contribution in [3.8, 4) is 5.75 Å². The van der Waals surface area contributed by atoms with Crippen LogP contribution in [0.4, 0.5) is 0 Å². The molecule has 0 aromatic heterocycles. The topological polar surface area (TPSA) is 35.2 Å². The van der Waals surface area contributed by atoms with E-state index in [0.29, 0.717) is 6.61 Å². The Balaban J connectivity index is 2.15. The average Bonchev–Trinajstić information content (AvgIpc) is 2.46. The van der Waals surface area contributed by atoms with Gasteiger partial charge in [0.05, 0.1) is 0 Å². The Morgan fingerprint density at radius 1 is 1.20 bits per heavy atom. The van der Waals surface area contributed by atoms with Crippen LogP contribution in [0.25, 0.3) is 0 Å². The summed E-state index contributed by atoms with van der Waals surface area (Å²) in [5.74, 6) is 0.832. The lowest BCUT2D eigenvalue weighted by Crippen LogP contribution is -2.10. The Morgan fingerprint density at radius 2 is 1.95 bits per heavy atom. The molecule has 0 unspecified atom stereocenters. The first-order chi connectivity index (χ1) is 9.61. The fourth-order valence-corrected chi connectivity index (χ4v) is 2.35.